The second-order valence-electron chi connectivity index (χ2n) is 8.71. The van der Waals surface area contributed by atoms with Gasteiger partial charge in [0.25, 0.3) is 5.91 Å². The van der Waals surface area contributed by atoms with Crippen LogP contribution < -0.4 is 15.8 Å². The predicted molar refractivity (Wildman–Crippen MR) is 133 cm³/mol. The number of aryl methyl sites for hydroxylation is 1. The van der Waals surface area contributed by atoms with Gasteiger partial charge >= 0.3 is 0 Å². The van der Waals surface area contributed by atoms with Crippen LogP contribution in [0.2, 0.25) is 0 Å². The number of nitrogen functional groups attached to an aromatic ring is 1. The molecule has 2 aromatic heterocycles. The first-order chi connectivity index (χ1) is 16.5. The molecular formula is C27H27N5O2. The first-order valence-corrected chi connectivity index (χ1v) is 11.4. The Bertz CT molecular complexity index is 1340. The summed E-state index contributed by atoms with van der Waals surface area (Å²) in [6.07, 6.45) is 7.38. The van der Waals surface area contributed by atoms with Crippen molar-refractivity contribution in [3.63, 3.8) is 0 Å². The van der Waals surface area contributed by atoms with Gasteiger partial charge in [0, 0.05) is 41.8 Å². The number of hydrogen-bond donors (Lipinski definition) is 2. The number of carbonyl (C=O) groups excluding carboxylic acids is 1. The average molecular weight is 454 g/mol. The second kappa shape index (κ2) is 9.02. The molecule has 5 rings (SSSR count). The molecule has 2 heterocycles. The zero-order chi connectivity index (χ0) is 23.7. The molecule has 1 fully saturated rings. The maximum atomic E-state index is 13.0. The standard InChI is InChI=1S/C27H27N5O2/c1-17(34-25-13-20(14-29-26(25)28)21-15-30-32(2)16-21)19-6-5-7-22(12-19)31-27(33)24-9-4-3-8-23(24)18-10-11-18/h3-9,12-18H,10-11H2,1-2H3,(H2,28,29)(H,31,33)/t17-/m1/s1. The molecule has 1 atom stereocenters. The Morgan fingerprint density at radius 2 is 1.94 bits per heavy atom. The van der Waals surface area contributed by atoms with Gasteiger partial charge in [0.05, 0.1) is 6.20 Å². The Kier molecular flexibility index (Phi) is 5.76. The maximum absolute atomic E-state index is 13.0. The summed E-state index contributed by atoms with van der Waals surface area (Å²) in [4.78, 5) is 17.3. The number of nitrogens with one attached hydrogen (secondary N) is 1. The molecular weight excluding hydrogens is 426 g/mol. The third kappa shape index (κ3) is 4.64. The molecule has 0 saturated heterocycles. The minimum absolute atomic E-state index is 0.0918. The van der Waals surface area contributed by atoms with E-state index in [1.165, 1.54) is 0 Å². The fourth-order valence-electron chi connectivity index (χ4n) is 4.06. The first kappa shape index (κ1) is 21.7. The van der Waals surface area contributed by atoms with Gasteiger partial charge in [-0.05, 0) is 61.1 Å². The third-order valence-corrected chi connectivity index (χ3v) is 6.06. The highest BCUT2D eigenvalue weighted by Crippen LogP contribution is 2.41. The Balaban J connectivity index is 1.32. The lowest BCUT2D eigenvalue weighted by atomic mass is 10.0. The largest absolute Gasteiger partial charge is 0.482 e. The average Bonchev–Trinajstić information content (AvgIpc) is 3.60. The van der Waals surface area contributed by atoms with Gasteiger partial charge in [0.1, 0.15) is 6.10 Å². The molecule has 172 valence electrons. The van der Waals surface area contributed by atoms with Gasteiger partial charge in [-0.15, -0.1) is 0 Å². The van der Waals surface area contributed by atoms with Crippen molar-refractivity contribution < 1.29 is 9.53 Å². The normalized spacial score (nSPS) is 13.9. The molecule has 0 aliphatic heterocycles. The van der Waals surface area contributed by atoms with Crippen molar-refractivity contribution in [3.8, 4) is 16.9 Å². The molecule has 4 aromatic rings. The fourth-order valence-corrected chi connectivity index (χ4v) is 4.06. The van der Waals surface area contributed by atoms with E-state index in [2.05, 4.69) is 21.5 Å². The summed E-state index contributed by atoms with van der Waals surface area (Å²) >= 11 is 0. The summed E-state index contributed by atoms with van der Waals surface area (Å²) in [6, 6.07) is 17.4. The van der Waals surface area contributed by atoms with Crippen LogP contribution in [-0.2, 0) is 7.05 Å². The number of amides is 1. The quantitative estimate of drug-likeness (QED) is 0.394. The van der Waals surface area contributed by atoms with Gasteiger partial charge in [-0.25, -0.2) is 4.98 Å². The van der Waals surface area contributed by atoms with Gasteiger partial charge < -0.3 is 15.8 Å². The molecule has 7 nitrogen and oxygen atoms in total. The number of nitrogens with zero attached hydrogens (tertiary/aromatic N) is 3. The van der Waals surface area contributed by atoms with E-state index in [0.717, 1.165) is 46.3 Å². The maximum Gasteiger partial charge on any atom is 0.255 e. The number of aromatic nitrogens is 3. The van der Waals surface area contributed by atoms with Gasteiger partial charge in [-0.3, -0.25) is 9.48 Å². The van der Waals surface area contributed by atoms with E-state index in [1.54, 1.807) is 17.1 Å². The third-order valence-electron chi connectivity index (χ3n) is 6.06. The number of pyridine rings is 1. The van der Waals surface area contributed by atoms with Gasteiger partial charge in [0.2, 0.25) is 0 Å². The highest BCUT2D eigenvalue weighted by Gasteiger charge is 2.27. The first-order valence-electron chi connectivity index (χ1n) is 11.4. The summed E-state index contributed by atoms with van der Waals surface area (Å²) in [7, 11) is 1.87. The molecule has 7 heteroatoms. The minimum Gasteiger partial charge on any atom is -0.482 e. The molecule has 1 aliphatic rings. The van der Waals surface area contributed by atoms with Crippen LogP contribution in [0.5, 0.6) is 5.75 Å². The molecule has 34 heavy (non-hydrogen) atoms. The van der Waals surface area contributed by atoms with Gasteiger partial charge in [0.15, 0.2) is 11.6 Å². The van der Waals surface area contributed by atoms with E-state index in [0.29, 0.717) is 17.5 Å². The predicted octanol–water partition coefficient (Wildman–Crippen LogP) is 5.33. The lowest BCUT2D eigenvalue weighted by Crippen LogP contribution is -2.14. The van der Waals surface area contributed by atoms with Crippen molar-refractivity contribution in [1.82, 2.24) is 14.8 Å². The van der Waals surface area contributed by atoms with Crippen LogP contribution in [0.1, 0.15) is 53.3 Å². The number of hydrogen-bond acceptors (Lipinski definition) is 5. The van der Waals surface area contributed by atoms with Crippen molar-refractivity contribution >= 4 is 17.4 Å². The molecule has 2 aromatic carbocycles. The van der Waals surface area contributed by atoms with Gasteiger partial charge in [-0.1, -0.05) is 30.3 Å². The van der Waals surface area contributed by atoms with E-state index in [1.807, 2.05) is 68.7 Å². The van der Waals surface area contributed by atoms with Crippen molar-refractivity contribution in [2.75, 3.05) is 11.1 Å². The van der Waals surface area contributed by atoms with Crippen LogP contribution in [0.25, 0.3) is 11.1 Å². The Morgan fingerprint density at radius 1 is 1.12 bits per heavy atom. The molecule has 0 radical (unpaired) electrons. The zero-order valence-electron chi connectivity index (χ0n) is 19.2. The van der Waals surface area contributed by atoms with Crippen LogP contribution in [0.15, 0.2) is 73.2 Å². The van der Waals surface area contributed by atoms with E-state index in [9.17, 15) is 4.79 Å². The van der Waals surface area contributed by atoms with E-state index in [4.69, 9.17) is 10.5 Å². The van der Waals surface area contributed by atoms with Crippen molar-refractivity contribution in [3.05, 3.63) is 89.9 Å². The number of nitrogens with two attached hydrogens (primary N) is 1. The van der Waals surface area contributed by atoms with Crippen LogP contribution in [0, 0.1) is 0 Å². The SMILES string of the molecule is C[C@@H](Oc1cc(-c2cnn(C)c2)cnc1N)c1cccc(NC(=O)c2ccccc2C2CC2)c1. The van der Waals surface area contributed by atoms with Crippen molar-refractivity contribution in [2.24, 2.45) is 7.05 Å². The number of anilines is 2. The molecule has 1 aliphatic carbocycles. The monoisotopic (exact) mass is 453 g/mol. The number of rotatable bonds is 7. The molecule has 0 spiro atoms. The lowest BCUT2D eigenvalue weighted by molar-refractivity contribution is 0.102. The molecule has 0 unspecified atom stereocenters. The Labute approximate surface area is 198 Å². The molecule has 1 amide bonds. The minimum atomic E-state index is -0.302. The van der Waals surface area contributed by atoms with Gasteiger partial charge in [-0.2, -0.15) is 5.10 Å². The highest BCUT2D eigenvalue weighted by molar-refractivity contribution is 6.05. The van der Waals surface area contributed by atoms with Crippen LogP contribution >= 0.6 is 0 Å². The number of benzene rings is 2. The van der Waals surface area contributed by atoms with E-state index < -0.39 is 0 Å². The smallest absolute Gasteiger partial charge is 0.255 e. The zero-order valence-corrected chi connectivity index (χ0v) is 19.2. The van der Waals surface area contributed by atoms with E-state index in [-0.39, 0.29) is 12.0 Å². The summed E-state index contributed by atoms with van der Waals surface area (Å²) in [5.41, 5.74) is 11.4. The van der Waals surface area contributed by atoms with Crippen LogP contribution in [0.3, 0.4) is 0 Å². The topological polar surface area (TPSA) is 95.1 Å². The summed E-state index contributed by atoms with van der Waals surface area (Å²) in [5, 5.41) is 7.25. The molecule has 3 N–H and O–H groups in total. The number of carbonyl (C=O) groups is 1. The van der Waals surface area contributed by atoms with Crippen molar-refractivity contribution in [2.45, 2.75) is 31.8 Å². The summed E-state index contributed by atoms with van der Waals surface area (Å²) in [5.74, 6) is 1.23. The Hall–Kier alpha value is -4.13. The van der Waals surface area contributed by atoms with Crippen LogP contribution in [-0.4, -0.2) is 20.7 Å². The Morgan fingerprint density at radius 3 is 2.71 bits per heavy atom. The summed E-state index contributed by atoms with van der Waals surface area (Å²) in [6.45, 7) is 1.94. The highest BCUT2D eigenvalue weighted by atomic mass is 16.5. The molecule has 1 saturated carbocycles. The second-order valence-corrected chi connectivity index (χ2v) is 8.71. The van der Waals surface area contributed by atoms with Crippen molar-refractivity contribution in [1.29, 1.82) is 0 Å². The molecule has 0 bridgehead atoms. The van der Waals surface area contributed by atoms with E-state index >= 15 is 0 Å². The lowest BCUT2D eigenvalue weighted by Gasteiger charge is -2.18. The summed E-state index contributed by atoms with van der Waals surface area (Å²) < 4.78 is 7.91. The fraction of sp³-hybridized carbons (Fsp3) is 0.222. The van der Waals surface area contributed by atoms with Crippen LogP contribution in [0.4, 0.5) is 11.5 Å². The number of ether oxygens (including phenoxy) is 1.